The lowest BCUT2D eigenvalue weighted by molar-refractivity contribution is -0.149. The molecular formula is C33H31ClFN3O6. The summed E-state index contributed by atoms with van der Waals surface area (Å²) in [5.74, 6) is -2.36. The summed E-state index contributed by atoms with van der Waals surface area (Å²) < 4.78 is 14.7. The molecule has 2 N–H and O–H groups in total. The van der Waals surface area contributed by atoms with Crippen molar-refractivity contribution in [1.29, 1.82) is 0 Å². The molecule has 9 nitrogen and oxygen atoms in total. The van der Waals surface area contributed by atoms with Gasteiger partial charge in [-0.25, -0.2) is 9.18 Å². The molecule has 0 aliphatic carbocycles. The number of carbonyl (C=O) groups excluding carboxylic acids is 2. The van der Waals surface area contributed by atoms with Gasteiger partial charge in [0, 0.05) is 43.7 Å². The van der Waals surface area contributed by atoms with Crippen LogP contribution in [0, 0.1) is 5.82 Å². The highest BCUT2D eigenvalue weighted by Gasteiger charge is 2.42. The number of ketones is 1. The molecule has 3 aromatic rings. The minimum atomic E-state index is -1.06. The summed E-state index contributed by atoms with van der Waals surface area (Å²) in [6.45, 7) is 1.63. The number of piperidine rings is 1. The number of anilines is 1. The van der Waals surface area contributed by atoms with E-state index in [1.165, 1.54) is 29.2 Å². The molecule has 2 atom stereocenters. The van der Waals surface area contributed by atoms with Gasteiger partial charge in [-0.15, -0.1) is 0 Å². The number of aliphatic hydroxyl groups excluding tert-OH is 1. The number of hydrogen-bond acceptors (Lipinski definition) is 7. The summed E-state index contributed by atoms with van der Waals surface area (Å²) in [6, 6.07) is 15.5. The predicted octanol–water partition coefficient (Wildman–Crippen LogP) is 4.57. The number of carboxylic acids is 1. The number of amides is 1. The van der Waals surface area contributed by atoms with Crippen molar-refractivity contribution >= 4 is 40.7 Å². The van der Waals surface area contributed by atoms with E-state index >= 15 is 0 Å². The maximum absolute atomic E-state index is 14.7. The Labute approximate surface area is 258 Å². The van der Waals surface area contributed by atoms with Crippen molar-refractivity contribution in [3.8, 4) is 0 Å². The number of aliphatic hydroxyl groups is 1. The van der Waals surface area contributed by atoms with Crippen LogP contribution in [0.2, 0.25) is 5.02 Å². The molecule has 0 bridgehead atoms. The van der Waals surface area contributed by atoms with E-state index in [0.29, 0.717) is 37.9 Å². The maximum atomic E-state index is 14.7. The fourth-order valence-electron chi connectivity index (χ4n) is 6.28. The molecule has 3 aliphatic rings. The standard InChI is InChI=1S/C33H31ClFN3O6/c34-25-5-1-4-24(30(25)35)26-18-29(44-36-26)32(41)38-16-13-22-23(3-2-6-27(22)37-14-11-21(39)12-15-37)31(38)28(40)17-19-7-9-20(10-8-19)33(42)43/h1-10,21,29,31,39H,11-18H2,(H,42,43)/t29-,31-/m1/s1. The quantitative estimate of drug-likeness (QED) is 0.398. The summed E-state index contributed by atoms with van der Waals surface area (Å²) in [7, 11) is 0. The van der Waals surface area contributed by atoms with E-state index in [0.717, 1.165) is 16.8 Å². The smallest absolute Gasteiger partial charge is 0.335 e. The van der Waals surface area contributed by atoms with Crippen molar-refractivity contribution in [2.24, 2.45) is 5.16 Å². The van der Waals surface area contributed by atoms with Gasteiger partial charge in [0.15, 0.2) is 11.6 Å². The minimum absolute atomic E-state index is 0.0189. The van der Waals surface area contributed by atoms with Crippen LogP contribution < -0.4 is 4.90 Å². The van der Waals surface area contributed by atoms with Gasteiger partial charge < -0.3 is 24.9 Å². The zero-order valence-electron chi connectivity index (χ0n) is 23.8. The van der Waals surface area contributed by atoms with Crippen LogP contribution in [0.3, 0.4) is 0 Å². The number of carbonyl (C=O) groups is 3. The third kappa shape index (κ3) is 5.79. The molecule has 3 heterocycles. The number of Topliss-reactive ketones (excluding diaryl/α,β-unsaturated/α-hetero) is 1. The second-order valence-electron chi connectivity index (χ2n) is 11.3. The molecule has 0 spiro atoms. The second kappa shape index (κ2) is 12.4. The van der Waals surface area contributed by atoms with Gasteiger partial charge in [-0.05, 0) is 66.3 Å². The van der Waals surface area contributed by atoms with Gasteiger partial charge in [-0.1, -0.05) is 47.1 Å². The Morgan fingerprint density at radius 2 is 1.73 bits per heavy atom. The highest BCUT2D eigenvalue weighted by atomic mass is 35.5. The molecule has 0 saturated carbocycles. The zero-order chi connectivity index (χ0) is 31.0. The third-order valence-corrected chi connectivity index (χ3v) is 8.87. The number of aromatic carboxylic acids is 1. The molecule has 6 rings (SSSR count). The first kappa shape index (κ1) is 29.8. The molecule has 228 valence electrons. The number of halogens is 2. The summed E-state index contributed by atoms with van der Waals surface area (Å²) >= 11 is 5.95. The van der Waals surface area contributed by atoms with Crippen molar-refractivity contribution in [3.63, 3.8) is 0 Å². The average Bonchev–Trinajstić information content (AvgIpc) is 3.52. The molecule has 11 heteroatoms. The second-order valence-corrected chi connectivity index (χ2v) is 11.7. The molecular weight excluding hydrogens is 589 g/mol. The van der Waals surface area contributed by atoms with Crippen LogP contribution in [-0.4, -0.2) is 70.3 Å². The van der Waals surface area contributed by atoms with E-state index < -0.39 is 29.8 Å². The molecule has 3 aromatic carbocycles. The number of fused-ring (bicyclic) bond motifs is 1. The summed E-state index contributed by atoms with van der Waals surface area (Å²) in [6.07, 6.45) is 0.440. The fraction of sp³-hybridized carbons (Fsp3) is 0.333. The number of oxime groups is 1. The predicted molar refractivity (Wildman–Crippen MR) is 162 cm³/mol. The number of rotatable bonds is 7. The van der Waals surface area contributed by atoms with Crippen LogP contribution >= 0.6 is 11.6 Å². The number of carboxylic acid groups (broad SMARTS) is 1. The van der Waals surface area contributed by atoms with E-state index in [2.05, 4.69) is 10.1 Å². The first-order valence-corrected chi connectivity index (χ1v) is 15.0. The highest BCUT2D eigenvalue weighted by Crippen LogP contribution is 2.39. The van der Waals surface area contributed by atoms with E-state index in [1.54, 1.807) is 18.2 Å². The largest absolute Gasteiger partial charge is 0.478 e. The Bertz CT molecular complexity index is 1640. The van der Waals surface area contributed by atoms with Gasteiger partial charge in [0.05, 0.1) is 22.4 Å². The van der Waals surface area contributed by atoms with Crippen molar-refractivity contribution in [1.82, 2.24) is 4.90 Å². The molecule has 1 amide bonds. The van der Waals surface area contributed by atoms with Crippen molar-refractivity contribution in [2.75, 3.05) is 24.5 Å². The number of nitrogens with zero attached hydrogens (tertiary/aromatic N) is 3. The van der Waals surface area contributed by atoms with Gasteiger partial charge >= 0.3 is 5.97 Å². The maximum Gasteiger partial charge on any atom is 0.335 e. The molecule has 44 heavy (non-hydrogen) atoms. The Kier molecular flexibility index (Phi) is 8.38. The SMILES string of the molecule is O=C(O)c1ccc(CC(=O)[C@H]2c3cccc(N4CCC(O)CC4)c3CCN2C(=O)[C@H]2CC(c3cccc(Cl)c3F)=NO2)cc1. The van der Waals surface area contributed by atoms with E-state index in [1.807, 2.05) is 18.2 Å². The number of benzene rings is 3. The Morgan fingerprint density at radius 1 is 1.00 bits per heavy atom. The Balaban J connectivity index is 1.30. The average molecular weight is 620 g/mol. The third-order valence-electron chi connectivity index (χ3n) is 8.58. The Hall–Kier alpha value is -4.28. The Morgan fingerprint density at radius 3 is 2.45 bits per heavy atom. The lowest BCUT2D eigenvalue weighted by Crippen LogP contribution is -2.48. The fourth-order valence-corrected chi connectivity index (χ4v) is 6.46. The summed E-state index contributed by atoms with van der Waals surface area (Å²) in [4.78, 5) is 48.7. The summed E-state index contributed by atoms with van der Waals surface area (Å²) in [5.41, 5.74) is 3.85. The van der Waals surface area contributed by atoms with Gasteiger partial charge in [-0.3, -0.25) is 9.59 Å². The number of hydrogen-bond donors (Lipinski definition) is 2. The van der Waals surface area contributed by atoms with Crippen LogP contribution in [0.1, 0.15) is 57.9 Å². The lowest BCUT2D eigenvalue weighted by atomic mass is 9.86. The molecule has 0 radical (unpaired) electrons. The first-order chi connectivity index (χ1) is 21.2. The lowest BCUT2D eigenvalue weighted by Gasteiger charge is -2.40. The van der Waals surface area contributed by atoms with Gasteiger partial charge in [-0.2, -0.15) is 0 Å². The van der Waals surface area contributed by atoms with E-state index in [-0.39, 0.29) is 53.1 Å². The monoisotopic (exact) mass is 619 g/mol. The van der Waals surface area contributed by atoms with Gasteiger partial charge in [0.2, 0.25) is 6.10 Å². The van der Waals surface area contributed by atoms with Crippen molar-refractivity contribution in [3.05, 3.63) is 99.3 Å². The van der Waals surface area contributed by atoms with Gasteiger partial charge in [0.1, 0.15) is 6.04 Å². The minimum Gasteiger partial charge on any atom is -0.478 e. The topological polar surface area (TPSA) is 120 Å². The first-order valence-electron chi connectivity index (χ1n) is 14.6. The molecule has 1 saturated heterocycles. The molecule has 1 fully saturated rings. The van der Waals surface area contributed by atoms with Crippen molar-refractivity contribution < 1.29 is 33.8 Å². The molecule has 0 aromatic heterocycles. The van der Waals surface area contributed by atoms with Crippen LogP contribution in [0.4, 0.5) is 10.1 Å². The molecule has 3 aliphatic heterocycles. The van der Waals surface area contributed by atoms with E-state index in [9.17, 15) is 29.0 Å². The zero-order valence-corrected chi connectivity index (χ0v) is 24.5. The highest BCUT2D eigenvalue weighted by molar-refractivity contribution is 6.31. The van der Waals surface area contributed by atoms with Crippen LogP contribution in [0.5, 0.6) is 0 Å². The van der Waals surface area contributed by atoms with Gasteiger partial charge in [0.25, 0.3) is 5.91 Å². The normalized spacial score (nSPS) is 20.1. The summed E-state index contributed by atoms with van der Waals surface area (Å²) in [5, 5.41) is 23.2. The van der Waals surface area contributed by atoms with E-state index in [4.69, 9.17) is 16.4 Å². The van der Waals surface area contributed by atoms with Crippen LogP contribution in [-0.2, 0) is 27.3 Å². The molecule has 0 unspecified atom stereocenters. The van der Waals surface area contributed by atoms with Crippen molar-refractivity contribution in [2.45, 2.75) is 50.4 Å². The van der Waals surface area contributed by atoms with Crippen LogP contribution in [0.15, 0.2) is 65.8 Å². The van der Waals surface area contributed by atoms with Crippen LogP contribution in [0.25, 0.3) is 0 Å².